The van der Waals surface area contributed by atoms with Gasteiger partial charge in [0.25, 0.3) is 0 Å². The van der Waals surface area contributed by atoms with E-state index in [1.165, 1.54) is 11.0 Å². The maximum Gasteiger partial charge on any atom is 0.249 e. The van der Waals surface area contributed by atoms with Crippen LogP contribution >= 0.6 is 0 Å². The molecule has 2 aromatic rings. The molecule has 0 bridgehead atoms. The maximum atomic E-state index is 12.2. The van der Waals surface area contributed by atoms with Crippen molar-refractivity contribution in [1.29, 1.82) is 0 Å². The Hall–Kier alpha value is -2.77. The lowest BCUT2D eigenvalue weighted by molar-refractivity contribution is -0.125. The number of anilines is 2. The molecule has 19 heavy (non-hydrogen) atoms. The van der Waals surface area contributed by atoms with Crippen LogP contribution in [0.3, 0.4) is 0 Å². The van der Waals surface area contributed by atoms with Crippen LogP contribution in [0.15, 0.2) is 30.9 Å². The van der Waals surface area contributed by atoms with Gasteiger partial charge >= 0.3 is 0 Å². The fourth-order valence-electron chi connectivity index (χ4n) is 1.87. The van der Waals surface area contributed by atoms with Gasteiger partial charge in [-0.2, -0.15) is 10.1 Å². The Morgan fingerprint density at radius 3 is 3.00 bits per heavy atom. The summed E-state index contributed by atoms with van der Waals surface area (Å²) < 4.78 is 1.40. The second-order valence-electron chi connectivity index (χ2n) is 4.02. The highest BCUT2D eigenvalue weighted by atomic mass is 16.2. The predicted molar refractivity (Wildman–Crippen MR) is 65.2 cm³/mol. The third kappa shape index (κ3) is 2.15. The highest BCUT2D eigenvalue weighted by Gasteiger charge is 2.31. The van der Waals surface area contributed by atoms with Crippen LogP contribution in [-0.2, 0) is 9.59 Å². The van der Waals surface area contributed by atoms with E-state index in [0.717, 1.165) is 0 Å². The summed E-state index contributed by atoms with van der Waals surface area (Å²) >= 11 is 0. The molecule has 1 atom stereocenters. The quantitative estimate of drug-likeness (QED) is 0.800. The van der Waals surface area contributed by atoms with Gasteiger partial charge in [-0.15, -0.1) is 0 Å². The Bertz CT molecular complexity index is 623. The van der Waals surface area contributed by atoms with E-state index < -0.39 is 6.04 Å². The molecular formula is C11H10N6O2. The molecule has 0 aromatic carbocycles. The molecule has 0 saturated heterocycles. The second kappa shape index (κ2) is 4.48. The molecular weight excluding hydrogens is 248 g/mol. The van der Waals surface area contributed by atoms with Crippen LogP contribution in [0.4, 0.5) is 11.6 Å². The highest BCUT2D eigenvalue weighted by Crippen LogP contribution is 2.22. The molecule has 1 aliphatic heterocycles. The topological polar surface area (TPSA) is 102 Å². The first-order valence-corrected chi connectivity index (χ1v) is 5.64. The van der Waals surface area contributed by atoms with Gasteiger partial charge in [-0.3, -0.25) is 19.9 Å². The Morgan fingerprint density at radius 1 is 1.42 bits per heavy atom. The smallest absolute Gasteiger partial charge is 0.249 e. The number of fused-ring (bicyclic) bond motifs is 1. The van der Waals surface area contributed by atoms with Gasteiger partial charge in [-0.05, 0) is 12.1 Å². The number of nitrogens with zero attached hydrogens (tertiary/aromatic N) is 4. The van der Waals surface area contributed by atoms with E-state index in [1.807, 2.05) is 0 Å². The van der Waals surface area contributed by atoms with E-state index in [4.69, 9.17) is 0 Å². The lowest BCUT2D eigenvalue weighted by Gasteiger charge is -2.22. The summed E-state index contributed by atoms with van der Waals surface area (Å²) in [7, 11) is 0. The molecule has 2 aromatic heterocycles. The number of aromatic nitrogens is 4. The first kappa shape index (κ1) is 11.3. The summed E-state index contributed by atoms with van der Waals surface area (Å²) in [6.07, 6.45) is 4.48. The molecule has 2 amide bonds. The zero-order chi connectivity index (χ0) is 13.2. The number of amides is 2. The third-order valence-electron chi connectivity index (χ3n) is 2.75. The third-order valence-corrected chi connectivity index (χ3v) is 2.75. The van der Waals surface area contributed by atoms with Crippen molar-refractivity contribution in [3.05, 3.63) is 30.9 Å². The fraction of sp³-hybridized carbons (Fsp3) is 0.182. The van der Waals surface area contributed by atoms with Gasteiger partial charge in [0.2, 0.25) is 17.8 Å². The number of hydrogen-bond donors (Lipinski definition) is 2. The summed E-state index contributed by atoms with van der Waals surface area (Å²) in [5.74, 6) is -0.283. The summed E-state index contributed by atoms with van der Waals surface area (Å²) in [5.41, 5.74) is 0.618. The lowest BCUT2D eigenvalue weighted by atomic mass is 10.1. The van der Waals surface area contributed by atoms with Crippen molar-refractivity contribution < 1.29 is 9.59 Å². The molecule has 8 heteroatoms. The minimum Gasteiger partial charge on any atom is -0.324 e. The molecule has 1 aliphatic rings. The minimum absolute atomic E-state index is 0.0350. The summed E-state index contributed by atoms with van der Waals surface area (Å²) in [4.78, 5) is 31.4. The summed E-state index contributed by atoms with van der Waals surface area (Å²) in [6, 6.07) is 2.64. The summed E-state index contributed by atoms with van der Waals surface area (Å²) in [5, 5.41) is 9.22. The Morgan fingerprint density at radius 2 is 2.21 bits per heavy atom. The molecule has 0 unspecified atom stereocenters. The minimum atomic E-state index is -0.695. The normalized spacial score (nSPS) is 17.5. The number of carbonyl (C=O) groups is 2. The number of rotatable bonds is 2. The van der Waals surface area contributed by atoms with Crippen LogP contribution in [0.25, 0.3) is 0 Å². The zero-order valence-electron chi connectivity index (χ0n) is 9.78. The largest absolute Gasteiger partial charge is 0.324 e. The number of hydrogen-bond acceptors (Lipinski definition) is 5. The standard InChI is InChI=1S/C11H10N6O2/c18-9-5-8(17-11(16-9)13-6-14-17)10(19)15-7-1-3-12-4-2-7/h1-4,6,8H,5H2,(H,12,15,19)(H,13,14,16,18)/t8-/m0/s1. The Labute approximate surface area is 107 Å². The average molecular weight is 258 g/mol. The maximum absolute atomic E-state index is 12.2. The second-order valence-corrected chi connectivity index (χ2v) is 4.02. The zero-order valence-corrected chi connectivity index (χ0v) is 9.78. The molecule has 0 spiro atoms. The van der Waals surface area contributed by atoms with Crippen molar-refractivity contribution >= 4 is 23.5 Å². The number of nitrogens with one attached hydrogen (secondary N) is 2. The van der Waals surface area contributed by atoms with Crippen molar-refractivity contribution in [2.75, 3.05) is 10.6 Å². The SMILES string of the molecule is O=C1C[C@@H](C(=O)Nc2ccncc2)n2ncnc2N1. The lowest BCUT2D eigenvalue weighted by Crippen LogP contribution is -2.35. The summed E-state index contributed by atoms with van der Waals surface area (Å²) in [6.45, 7) is 0. The van der Waals surface area contributed by atoms with E-state index in [1.54, 1.807) is 24.5 Å². The van der Waals surface area contributed by atoms with Gasteiger partial charge in [0.1, 0.15) is 12.4 Å². The molecule has 96 valence electrons. The average Bonchev–Trinajstić information content (AvgIpc) is 2.86. The van der Waals surface area contributed by atoms with Crippen LogP contribution in [0.2, 0.25) is 0 Å². The van der Waals surface area contributed by atoms with Crippen molar-refractivity contribution in [1.82, 2.24) is 19.7 Å². The molecule has 3 rings (SSSR count). The highest BCUT2D eigenvalue weighted by molar-refractivity contribution is 6.00. The van der Waals surface area contributed by atoms with Gasteiger partial charge in [0.15, 0.2) is 0 Å². The molecule has 8 nitrogen and oxygen atoms in total. The van der Waals surface area contributed by atoms with Crippen molar-refractivity contribution in [3.63, 3.8) is 0 Å². The van der Waals surface area contributed by atoms with E-state index in [9.17, 15) is 9.59 Å². The van der Waals surface area contributed by atoms with E-state index in [-0.39, 0.29) is 24.2 Å². The fourth-order valence-corrected chi connectivity index (χ4v) is 1.87. The van der Waals surface area contributed by atoms with Gasteiger partial charge in [-0.25, -0.2) is 4.68 Å². The van der Waals surface area contributed by atoms with Crippen LogP contribution in [0, 0.1) is 0 Å². The molecule has 0 aliphatic carbocycles. The van der Waals surface area contributed by atoms with Crippen molar-refractivity contribution in [2.45, 2.75) is 12.5 Å². The van der Waals surface area contributed by atoms with Crippen LogP contribution in [-0.4, -0.2) is 31.6 Å². The Kier molecular flexibility index (Phi) is 2.67. The van der Waals surface area contributed by atoms with Crippen LogP contribution in [0.5, 0.6) is 0 Å². The van der Waals surface area contributed by atoms with Crippen molar-refractivity contribution in [2.24, 2.45) is 0 Å². The first-order valence-electron chi connectivity index (χ1n) is 5.64. The molecule has 0 radical (unpaired) electrons. The van der Waals surface area contributed by atoms with E-state index in [0.29, 0.717) is 5.69 Å². The van der Waals surface area contributed by atoms with Crippen LogP contribution in [0.1, 0.15) is 12.5 Å². The number of carbonyl (C=O) groups excluding carboxylic acids is 2. The molecule has 0 fully saturated rings. The first-order chi connectivity index (χ1) is 9.24. The van der Waals surface area contributed by atoms with Gasteiger partial charge in [0, 0.05) is 18.1 Å². The molecule has 3 heterocycles. The monoisotopic (exact) mass is 258 g/mol. The van der Waals surface area contributed by atoms with Gasteiger partial charge in [-0.1, -0.05) is 0 Å². The predicted octanol–water partition coefficient (Wildman–Crippen LogP) is 0.195. The molecule has 0 saturated carbocycles. The van der Waals surface area contributed by atoms with E-state index >= 15 is 0 Å². The number of pyridine rings is 1. The Balaban J connectivity index is 1.83. The van der Waals surface area contributed by atoms with E-state index in [2.05, 4.69) is 25.7 Å². The van der Waals surface area contributed by atoms with Gasteiger partial charge < -0.3 is 5.32 Å². The van der Waals surface area contributed by atoms with Crippen molar-refractivity contribution in [3.8, 4) is 0 Å². The van der Waals surface area contributed by atoms with Crippen LogP contribution < -0.4 is 10.6 Å². The van der Waals surface area contributed by atoms with Gasteiger partial charge in [0.05, 0.1) is 6.42 Å². The molecule has 2 N–H and O–H groups in total.